The molecule has 8 heteroatoms. The van der Waals surface area contributed by atoms with Crippen LogP contribution in [0.4, 0.5) is 5.69 Å². The molecule has 0 spiro atoms. The summed E-state index contributed by atoms with van der Waals surface area (Å²) in [5.74, 6) is -0.0237. The fraction of sp³-hybridized carbons (Fsp3) is 0.333. The van der Waals surface area contributed by atoms with Gasteiger partial charge in [0.15, 0.2) is 5.75 Å². The molecular formula is C9H8BrCl2NO4. The molecule has 0 saturated heterocycles. The quantitative estimate of drug-likeness (QED) is 0.506. The molecule has 17 heavy (non-hydrogen) atoms. The Morgan fingerprint density at radius 2 is 2.06 bits per heavy atom. The number of ether oxygens (including phenoxy) is 1. The molecule has 94 valence electrons. The van der Waals surface area contributed by atoms with E-state index in [1.807, 2.05) is 0 Å². The van der Waals surface area contributed by atoms with Gasteiger partial charge in [-0.3, -0.25) is 10.1 Å². The van der Waals surface area contributed by atoms with Gasteiger partial charge in [-0.05, 0) is 0 Å². The van der Waals surface area contributed by atoms with Crippen LogP contribution >= 0.6 is 39.1 Å². The molecule has 1 atom stereocenters. The van der Waals surface area contributed by atoms with E-state index in [2.05, 4.69) is 15.9 Å². The lowest BCUT2D eigenvalue weighted by atomic mass is 10.3. The largest absolute Gasteiger partial charge is 0.484 e. The van der Waals surface area contributed by atoms with Crippen molar-refractivity contribution in [2.24, 2.45) is 0 Å². The van der Waals surface area contributed by atoms with Gasteiger partial charge in [-0.1, -0.05) is 39.1 Å². The second kappa shape index (κ2) is 6.39. The molecule has 1 unspecified atom stereocenters. The number of hydrogen-bond donors (Lipinski definition) is 1. The van der Waals surface area contributed by atoms with E-state index in [4.69, 9.17) is 27.9 Å². The van der Waals surface area contributed by atoms with Gasteiger partial charge >= 0.3 is 5.69 Å². The van der Waals surface area contributed by atoms with Crippen LogP contribution in [0.25, 0.3) is 0 Å². The first-order chi connectivity index (χ1) is 7.95. The summed E-state index contributed by atoms with van der Waals surface area (Å²) in [6, 6.07) is 2.36. The van der Waals surface area contributed by atoms with E-state index in [9.17, 15) is 15.2 Å². The third kappa shape index (κ3) is 3.99. The van der Waals surface area contributed by atoms with Crippen molar-refractivity contribution in [1.29, 1.82) is 0 Å². The fourth-order valence-electron chi connectivity index (χ4n) is 1.01. The van der Waals surface area contributed by atoms with Crippen LogP contribution in [0.15, 0.2) is 12.1 Å². The van der Waals surface area contributed by atoms with Crippen molar-refractivity contribution >= 4 is 44.8 Å². The summed E-state index contributed by atoms with van der Waals surface area (Å²) in [4.78, 5) is 10.1. The zero-order valence-electron chi connectivity index (χ0n) is 8.40. The van der Waals surface area contributed by atoms with Crippen LogP contribution in [0.3, 0.4) is 0 Å². The second-order valence-electron chi connectivity index (χ2n) is 3.11. The van der Waals surface area contributed by atoms with E-state index in [0.29, 0.717) is 5.33 Å². The average Bonchev–Trinajstić information content (AvgIpc) is 2.29. The first kappa shape index (κ1) is 14.5. The topological polar surface area (TPSA) is 72.6 Å². The van der Waals surface area contributed by atoms with Crippen molar-refractivity contribution in [2.75, 3.05) is 11.9 Å². The van der Waals surface area contributed by atoms with Crippen LogP contribution in [0, 0.1) is 10.1 Å². The average molecular weight is 345 g/mol. The molecule has 1 aromatic carbocycles. The number of aliphatic hydroxyl groups excluding tert-OH is 1. The molecule has 0 heterocycles. The van der Waals surface area contributed by atoms with E-state index < -0.39 is 11.0 Å². The molecule has 0 radical (unpaired) electrons. The molecule has 0 aliphatic rings. The fourth-order valence-corrected chi connectivity index (χ4v) is 1.51. The Bertz CT molecular complexity index is 430. The number of nitro groups is 1. The van der Waals surface area contributed by atoms with Crippen molar-refractivity contribution in [3.05, 3.63) is 32.3 Å². The Hall–Kier alpha value is -0.560. The number of nitro benzene ring substituents is 1. The highest BCUT2D eigenvalue weighted by Crippen LogP contribution is 2.35. The summed E-state index contributed by atoms with van der Waals surface area (Å²) < 4.78 is 5.12. The highest BCUT2D eigenvalue weighted by molar-refractivity contribution is 9.09. The molecule has 0 aromatic heterocycles. The number of nitrogens with zero attached hydrogens (tertiary/aromatic N) is 1. The second-order valence-corrected chi connectivity index (χ2v) is 4.57. The van der Waals surface area contributed by atoms with Crippen LogP contribution in [-0.2, 0) is 0 Å². The predicted molar refractivity (Wildman–Crippen MR) is 68.4 cm³/mol. The predicted octanol–water partition coefficient (Wildman–Crippen LogP) is 3.04. The molecular weight excluding hydrogens is 337 g/mol. The molecule has 0 aliphatic carbocycles. The van der Waals surface area contributed by atoms with Crippen molar-refractivity contribution in [2.45, 2.75) is 6.10 Å². The van der Waals surface area contributed by atoms with Crippen molar-refractivity contribution < 1.29 is 14.8 Å². The summed E-state index contributed by atoms with van der Waals surface area (Å²) in [5.41, 5.74) is -0.291. The minimum absolute atomic E-state index is 0.0237. The molecule has 1 rings (SSSR count). The standard InChI is InChI=1S/C9H8BrCl2NO4/c10-3-5(14)4-17-9-2-7(12)6(11)1-8(9)13(15)16/h1-2,5,14H,3-4H2. The smallest absolute Gasteiger partial charge is 0.312 e. The van der Waals surface area contributed by atoms with Gasteiger partial charge in [-0.25, -0.2) is 0 Å². The van der Waals surface area contributed by atoms with Gasteiger partial charge in [0.2, 0.25) is 0 Å². The van der Waals surface area contributed by atoms with Crippen LogP contribution in [0.5, 0.6) is 5.75 Å². The normalized spacial score (nSPS) is 12.2. The van der Waals surface area contributed by atoms with E-state index in [1.165, 1.54) is 6.07 Å². The Morgan fingerprint density at radius 3 is 2.59 bits per heavy atom. The van der Waals surface area contributed by atoms with Gasteiger partial charge in [-0.15, -0.1) is 0 Å². The maximum absolute atomic E-state index is 10.8. The maximum Gasteiger partial charge on any atom is 0.312 e. The maximum atomic E-state index is 10.8. The summed E-state index contributed by atoms with van der Waals surface area (Å²) >= 11 is 14.5. The van der Waals surface area contributed by atoms with E-state index in [0.717, 1.165) is 6.07 Å². The number of aliphatic hydroxyl groups is 1. The number of rotatable bonds is 5. The van der Waals surface area contributed by atoms with Crippen LogP contribution in [-0.4, -0.2) is 28.1 Å². The first-order valence-electron chi connectivity index (χ1n) is 4.46. The lowest BCUT2D eigenvalue weighted by Crippen LogP contribution is -2.19. The monoisotopic (exact) mass is 343 g/mol. The molecule has 0 bridgehead atoms. The van der Waals surface area contributed by atoms with Gasteiger partial charge in [0.25, 0.3) is 0 Å². The van der Waals surface area contributed by atoms with Crippen LogP contribution in [0.1, 0.15) is 0 Å². The Kier molecular flexibility index (Phi) is 5.45. The summed E-state index contributed by atoms with van der Waals surface area (Å²) in [6.45, 7) is -0.0793. The Morgan fingerprint density at radius 1 is 1.47 bits per heavy atom. The van der Waals surface area contributed by atoms with Crippen LogP contribution < -0.4 is 4.74 Å². The van der Waals surface area contributed by atoms with Gasteiger partial charge < -0.3 is 9.84 Å². The van der Waals surface area contributed by atoms with Gasteiger partial charge in [0, 0.05) is 17.5 Å². The molecule has 0 amide bonds. The lowest BCUT2D eigenvalue weighted by molar-refractivity contribution is -0.385. The first-order valence-corrected chi connectivity index (χ1v) is 6.33. The molecule has 5 nitrogen and oxygen atoms in total. The molecule has 0 saturated carbocycles. The van der Waals surface area contributed by atoms with Gasteiger partial charge in [-0.2, -0.15) is 0 Å². The van der Waals surface area contributed by atoms with Crippen molar-refractivity contribution in [3.8, 4) is 5.75 Å². The minimum Gasteiger partial charge on any atom is -0.484 e. The van der Waals surface area contributed by atoms with Crippen LogP contribution in [0.2, 0.25) is 10.0 Å². The Labute approximate surface area is 116 Å². The third-order valence-electron chi connectivity index (χ3n) is 1.81. The Balaban J connectivity index is 2.96. The zero-order chi connectivity index (χ0) is 13.0. The molecule has 1 N–H and O–H groups in total. The highest BCUT2D eigenvalue weighted by Gasteiger charge is 2.19. The third-order valence-corrected chi connectivity index (χ3v) is 3.28. The van der Waals surface area contributed by atoms with E-state index in [-0.39, 0.29) is 28.1 Å². The SMILES string of the molecule is O=[N+]([O-])c1cc(Cl)c(Cl)cc1OCC(O)CBr. The summed E-state index contributed by atoms with van der Waals surface area (Å²) in [6.07, 6.45) is -0.760. The summed E-state index contributed by atoms with van der Waals surface area (Å²) in [5, 5.41) is 20.6. The molecule has 0 fully saturated rings. The van der Waals surface area contributed by atoms with E-state index in [1.54, 1.807) is 0 Å². The number of benzene rings is 1. The highest BCUT2D eigenvalue weighted by atomic mass is 79.9. The lowest BCUT2D eigenvalue weighted by Gasteiger charge is -2.10. The van der Waals surface area contributed by atoms with Gasteiger partial charge in [0.05, 0.1) is 21.1 Å². The number of alkyl halides is 1. The van der Waals surface area contributed by atoms with E-state index >= 15 is 0 Å². The van der Waals surface area contributed by atoms with Crippen molar-refractivity contribution in [3.63, 3.8) is 0 Å². The molecule has 0 aliphatic heterocycles. The molecule has 1 aromatic rings. The summed E-state index contributed by atoms with van der Waals surface area (Å²) in [7, 11) is 0. The van der Waals surface area contributed by atoms with Crippen molar-refractivity contribution in [1.82, 2.24) is 0 Å². The minimum atomic E-state index is -0.760. The van der Waals surface area contributed by atoms with Gasteiger partial charge in [0.1, 0.15) is 6.61 Å². The number of hydrogen-bond acceptors (Lipinski definition) is 4. The number of halogens is 3. The zero-order valence-corrected chi connectivity index (χ0v) is 11.5.